The van der Waals surface area contributed by atoms with Crippen LogP contribution in [0.4, 0.5) is 5.82 Å². The Balaban J connectivity index is 2.21. The highest BCUT2D eigenvalue weighted by atomic mass is 79.9. The second-order valence-corrected chi connectivity index (χ2v) is 5.40. The number of hydrogen-bond donors (Lipinski definition) is 1. The number of hydrogen-bond acceptors (Lipinski definition) is 4. The van der Waals surface area contributed by atoms with Crippen molar-refractivity contribution < 1.29 is 5.11 Å². The first-order chi connectivity index (χ1) is 6.99. The quantitative estimate of drug-likeness (QED) is 0.786. The van der Waals surface area contributed by atoms with Crippen LogP contribution in [0.1, 0.15) is 13.8 Å². The summed E-state index contributed by atoms with van der Waals surface area (Å²) in [5, 5.41) is 9.86. The van der Waals surface area contributed by atoms with Crippen LogP contribution in [-0.4, -0.2) is 34.3 Å². The molecule has 1 fully saturated rings. The van der Waals surface area contributed by atoms with Gasteiger partial charge in [-0.05, 0) is 15.9 Å². The Hall–Kier alpha value is -0.680. The minimum Gasteiger partial charge on any atom is -0.391 e. The fourth-order valence-corrected chi connectivity index (χ4v) is 2.09. The van der Waals surface area contributed by atoms with E-state index in [1.54, 1.807) is 0 Å². The van der Waals surface area contributed by atoms with Crippen molar-refractivity contribution in [3.63, 3.8) is 0 Å². The molecule has 0 saturated carbocycles. The molecule has 0 radical (unpaired) electrons. The zero-order valence-corrected chi connectivity index (χ0v) is 10.4. The van der Waals surface area contributed by atoms with Gasteiger partial charge in [0.1, 0.15) is 16.7 Å². The van der Waals surface area contributed by atoms with Gasteiger partial charge in [0.15, 0.2) is 0 Å². The summed E-state index contributed by atoms with van der Waals surface area (Å²) >= 11 is 3.31. The molecule has 0 bridgehead atoms. The first-order valence-electron chi connectivity index (χ1n) is 4.89. The van der Waals surface area contributed by atoms with Crippen molar-refractivity contribution in [1.82, 2.24) is 9.97 Å². The van der Waals surface area contributed by atoms with Gasteiger partial charge in [-0.3, -0.25) is 0 Å². The molecule has 0 amide bonds. The van der Waals surface area contributed by atoms with Gasteiger partial charge in [0, 0.05) is 24.6 Å². The molecule has 2 heterocycles. The zero-order chi connectivity index (χ0) is 11.1. The fraction of sp³-hybridized carbons (Fsp3) is 0.600. The van der Waals surface area contributed by atoms with Gasteiger partial charge in [-0.1, -0.05) is 13.8 Å². The number of aromatic nitrogens is 2. The molecule has 15 heavy (non-hydrogen) atoms. The predicted octanol–water partition coefficient (Wildman–Crippen LogP) is 1.45. The van der Waals surface area contributed by atoms with Crippen LogP contribution in [0, 0.1) is 5.41 Å². The number of halogens is 1. The lowest BCUT2D eigenvalue weighted by Crippen LogP contribution is -2.26. The smallest absolute Gasteiger partial charge is 0.133 e. The third kappa shape index (κ3) is 2.13. The van der Waals surface area contributed by atoms with Gasteiger partial charge in [0.25, 0.3) is 0 Å². The normalized spacial score (nSPS) is 24.5. The van der Waals surface area contributed by atoms with E-state index in [0.29, 0.717) is 6.54 Å². The van der Waals surface area contributed by atoms with Gasteiger partial charge in [-0.15, -0.1) is 0 Å². The summed E-state index contributed by atoms with van der Waals surface area (Å²) in [7, 11) is 0. The Morgan fingerprint density at radius 1 is 1.53 bits per heavy atom. The summed E-state index contributed by atoms with van der Waals surface area (Å²) in [6.45, 7) is 5.58. The highest BCUT2D eigenvalue weighted by molar-refractivity contribution is 9.10. The number of anilines is 1. The Morgan fingerprint density at radius 2 is 2.27 bits per heavy atom. The van der Waals surface area contributed by atoms with E-state index in [0.717, 1.165) is 17.0 Å². The molecule has 1 aliphatic heterocycles. The highest BCUT2D eigenvalue weighted by Gasteiger charge is 2.38. The van der Waals surface area contributed by atoms with E-state index in [1.165, 1.54) is 6.33 Å². The number of nitrogens with zero attached hydrogens (tertiary/aromatic N) is 3. The van der Waals surface area contributed by atoms with Crippen molar-refractivity contribution in [2.75, 3.05) is 18.0 Å². The van der Waals surface area contributed by atoms with Crippen molar-refractivity contribution in [2.24, 2.45) is 5.41 Å². The van der Waals surface area contributed by atoms with E-state index in [2.05, 4.69) is 44.6 Å². The first kappa shape index (κ1) is 10.8. The molecule has 1 aromatic rings. The van der Waals surface area contributed by atoms with Gasteiger partial charge in [0.2, 0.25) is 0 Å². The van der Waals surface area contributed by atoms with Crippen LogP contribution in [0.2, 0.25) is 0 Å². The predicted molar refractivity (Wildman–Crippen MR) is 61.7 cm³/mol. The summed E-state index contributed by atoms with van der Waals surface area (Å²) < 4.78 is 0.770. The van der Waals surface area contributed by atoms with E-state index in [4.69, 9.17) is 0 Å². The second-order valence-electron chi connectivity index (χ2n) is 4.58. The molecule has 82 valence electrons. The van der Waals surface area contributed by atoms with Crippen LogP contribution in [-0.2, 0) is 0 Å². The van der Waals surface area contributed by atoms with Crippen molar-refractivity contribution in [3.05, 3.63) is 17.0 Å². The topological polar surface area (TPSA) is 49.2 Å². The van der Waals surface area contributed by atoms with E-state index < -0.39 is 0 Å². The summed E-state index contributed by atoms with van der Waals surface area (Å²) in [5.74, 6) is 0.863. The molecule has 0 spiro atoms. The highest BCUT2D eigenvalue weighted by Crippen LogP contribution is 2.32. The van der Waals surface area contributed by atoms with Crippen LogP contribution in [0.3, 0.4) is 0 Å². The molecule has 5 heteroatoms. The number of rotatable bonds is 1. The van der Waals surface area contributed by atoms with Crippen molar-refractivity contribution in [3.8, 4) is 0 Å². The van der Waals surface area contributed by atoms with Gasteiger partial charge in [-0.25, -0.2) is 9.97 Å². The molecular formula is C10H14BrN3O. The van der Waals surface area contributed by atoms with E-state index in [1.807, 2.05) is 6.07 Å². The molecule has 0 aliphatic carbocycles. The van der Waals surface area contributed by atoms with Crippen LogP contribution < -0.4 is 4.90 Å². The number of β-amino-alcohol motifs (C(OH)–C–C–N with tert-alkyl or cyclic N) is 1. The molecule has 2 rings (SSSR count). The molecule has 1 N–H and O–H groups in total. The SMILES string of the molecule is CC1(C)CN(c2cc(Br)ncn2)CC1O. The lowest BCUT2D eigenvalue weighted by atomic mass is 9.90. The molecule has 1 aliphatic rings. The van der Waals surface area contributed by atoms with Crippen molar-refractivity contribution >= 4 is 21.7 Å². The van der Waals surface area contributed by atoms with Crippen LogP contribution >= 0.6 is 15.9 Å². The van der Waals surface area contributed by atoms with Gasteiger partial charge in [-0.2, -0.15) is 0 Å². The summed E-state index contributed by atoms with van der Waals surface area (Å²) in [5.41, 5.74) is -0.0720. The Bertz CT molecular complexity index is 369. The van der Waals surface area contributed by atoms with Crippen LogP contribution in [0.5, 0.6) is 0 Å². The lowest BCUT2D eigenvalue weighted by molar-refractivity contribution is 0.0964. The van der Waals surface area contributed by atoms with E-state index in [9.17, 15) is 5.11 Å². The molecule has 0 aromatic carbocycles. The maximum absolute atomic E-state index is 9.86. The van der Waals surface area contributed by atoms with Crippen LogP contribution in [0.15, 0.2) is 17.0 Å². The largest absolute Gasteiger partial charge is 0.391 e. The minimum atomic E-state index is -0.300. The van der Waals surface area contributed by atoms with E-state index >= 15 is 0 Å². The van der Waals surface area contributed by atoms with Gasteiger partial charge < -0.3 is 10.0 Å². The van der Waals surface area contributed by atoms with Gasteiger partial charge in [0.05, 0.1) is 6.10 Å². The monoisotopic (exact) mass is 271 g/mol. The average molecular weight is 272 g/mol. The summed E-state index contributed by atoms with van der Waals surface area (Å²) in [4.78, 5) is 10.3. The first-order valence-corrected chi connectivity index (χ1v) is 5.69. The molecule has 4 nitrogen and oxygen atoms in total. The molecule has 1 unspecified atom stereocenters. The Labute approximate surface area is 97.5 Å². The minimum absolute atomic E-state index is 0.0720. The third-order valence-corrected chi connectivity index (χ3v) is 3.27. The molecule has 1 atom stereocenters. The number of aliphatic hydroxyl groups is 1. The molecule has 1 saturated heterocycles. The summed E-state index contributed by atoms with van der Waals surface area (Å²) in [6.07, 6.45) is 1.23. The average Bonchev–Trinajstić information content (AvgIpc) is 2.42. The van der Waals surface area contributed by atoms with Crippen molar-refractivity contribution in [1.29, 1.82) is 0 Å². The maximum Gasteiger partial charge on any atom is 0.133 e. The Kier molecular flexibility index (Phi) is 2.68. The van der Waals surface area contributed by atoms with Gasteiger partial charge >= 0.3 is 0 Å². The standard InChI is InChI=1S/C10H14BrN3O/c1-10(2)5-14(4-7(10)15)9-3-8(11)12-6-13-9/h3,6-7,15H,4-5H2,1-2H3. The van der Waals surface area contributed by atoms with Crippen LogP contribution in [0.25, 0.3) is 0 Å². The molecular weight excluding hydrogens is 258 g/mol. The summed E-state index contributed by atoms with van der Waals surface area (Å²) in [6, 6.07) is 1.87. The zero-order valence-electron chi connectivity index (χ0n) is 8.81. The molecule has 1 aromatic heterocycles. The Morgan fingerprint density at radius 3 is 2.80 bits per heavy atom. The number of aliphatic hydroxyl groups excluding tert-OH is 1. The second kappa shape index (κ2) is 3.72. The third-order valence-electron chi connectivity index (χ3n) is 2.84. The van der Waals surface area contributed by atoms with Crippen molar-refractivity contribution in [2.45, 2.75) is 20.0 Å². The lowest BCUT2D eigenvalue weighted by Gasteiger charge is -2.21. The fourth-order valence-electron chi connectivity index (χ4n) is 1.79. The van der Waals surface area contributed by atoms with E-state index in [-0.39, 0.29) is 11.5 Å². The maximum atomic E-state index is 9.86.